The van der Waals surface area contributed by atoms with E-state index in [0.29, 0.717) is 5.69 Å². The van der Waals surface area contributed by atoms with E-state index in [4.69, 9.17) is 10.5 Å². The molecule has 12 heavy (non-hydrogen) atoms. The quantitative estimate of drug-likeness (QED) is 0.682. The number of nitrogen functional groups attached to an aromatic ring is 1. The van der Waals surface area contributed by atoms with Crippen molar-refractivity contribution in [1.29, 1.82) is 0 Å². The van der Waals surface area contributed by atoms with Crippen LogP contribution in [0.5, 0.6) is 5.75 Å². The van der Waals surface area contributed by atoms with Crippen LogP contribution in [0.1, 0.15) is 0 Å². The first-order valence-corrected chi connectivity index (χ1v) is 4.36. The second kappa shape index (κ2) is 2.64. The Bertz CT molecular complexity index is 410. The molecule has 3 nitrogen and oxygen atoms in total. The minimum Gasteiger partial charge on any atom is -0.494 e. The van der Waals surface area contributed by atoms with Gasteiger partial charge >= 0.3 is 0 Å². The third-order valence-corrected chi connectivity index (χ3v) is 2.42. The summed E-state index contributed by atoms with van der Waals surface area (Å²) in [4.78, 5) is 4.17. The number of hydrogen-bond acceptors (Lipinski definition) is 4. The average Bonchev–Trinajstić information content (AvgIpc) is 2.50. The molecule has 1 aromatic carbocycles. The Labute approximate surface area is 73.8 Å². The predicted molar refractivity (Wildman–Crippen MR) is 50.6 cm³/mol. The number of aromatic nitrogens is 1. The second-order valence-corrected chi connectivity index (χ2v) is 3.31. The van der Waals surface area contributed by atoms with Gasteiger partial charge in [0, 0.05) is 11.8 Å². The molecule has 1 aromatic heterocycles. The number of nitrogens with zero attached hydrogens (tertiary/aromatic N) is 1. The molecule has 2 N–H and O–H groups in total. The molecule has 0 spiro atoms. The van der Waals surface area contributed by atoms with E-state index >= 15 is 0 Å². The zero-order chi connectivity index (χ0) is 8.55. The summed E-state index contributed by atoms with van der Waals surface area (Å²) in [6.07, 6.45) is 0. The Hall–Kier alpha value is -1.29. The van der Waals surface area contributed by atoms with Crippen molar-refractivity contribution in [3.05, 3.63) is 17.6 Å². The number of ether oxygens (including phenoxy) is 1. The summed E-state index contributed by atoms with van der Waals surface area (Å²) < 4.78 is 6.19. The maximum Gasteiger partial charge on any atom is 0.148 e. The Morgan fingerprint density at radius 1 is 1.50 bits per heavy atom. The van der Waals surface area contributed by atoms with Gasteiger partial charge in [0.25, 0.3) is 0 Å². The summed E-state index contributed by atoms with van der Waals surface area (Å²) >= 11 is 1.56. The van der Waals surface area contributed by atoms with E-state index < -0.39 is 0 Å². The lowest BCUT2D eigenvalue weighted by molar-refractivity contribution is 0.419. The van der Waals surface area contributed by atoms with Crippen LogP contribution in [0.15, 0.2) is 17.6 Å². The van der Waals surface area contributed by atoms with Gasteiger partial charge in [-0.1, -0.05) is 0 Å². The molecule has 0 saturated carbocycles. The van der Waals surface area contributed by atoms with E-state index in [0.717, 1.165) is 16.0 Å². The molecule has 2 rings (SSSR count). The zero-order valence-electron chi connectivity index (χ0n) is 6.57. The number of anilines is 1. The van der Waals surface area contributed by atoms with Crippen molar-refractivity contribution < 1.29 is 4.74 Å². The van der Waals surface area contributed by atoms with Gasteiger partial charge in [0.15, 0.2) is 0 Å². The highest BCUT2D eigenvalue weighted by atomic mass is 32.1. The highest BCUT2D eigenvalue weighted by Crippen LogP contribution is 2.29. The fourth-order valence-corrected chi connectivity index (χ4v) is 1.85. The van der Waals surface area contributed by atoms with Crippen LogP contribution in [0.4, 0.5) is 5.69 Å². The molecule has 4 heteroatoms. The highest BCUT2D eigenvalue weighted by Gasteiger charge is 2.04. The molecule has 2 aromatic rings. The Balaban J connectivity index is 2.80. The number of methoxy groups -OCH3 is 1. The first kappa shape index (κ1) is 7.36. The number of benzene rings is 1. The molecule has 0 aliphatic carbocycles. The first-order chi connectivity index (χ1) is 5.81. The van der Waals surface area contributed by atoms with E-state index in [1.54, 1.807) is 30.0 Å². The molecule has 0 atom stereocenters. The van der Waals surface area contributed by atoms with Crippen molar-refractivity contribution in [3.8, 4) is 5.75 Å². The molecule has 1 heterocycles. The first-order valence-electron chi connectivity index (χ1n) is 3.48. The normalized spacial score (nSPS) is 10.4. The van der Waals surface area contributed by atoms with Crippen molar-refractivity contribution >= 4 is 27.2 Å². The second-order valence-electron chi connectivity index (χ2n) is 2.42. The van der Waals surface area contributed by atoms with Crippen molar-refractivity contribution in [1.82, 2.24) is 4.98 Å². The van der Waals surface area contributed by atoms with E-state index in [1.807, 2.05) is 6.07 Å². The van der Waals surface area contributed by atoms with Crippen molar-refractivity contribution in [3.63, 3.8) is 0 Å². The minimum absolute atomic E-state index is 0.712. The molecule has 0 aliphatic rings. The molecule has 0 fully saturated rings. The van der Waals surface area contributed by atoms with Crippen LogP contribution in [0.25, 0.3) is 10.2 Å². The third kappa shape index (κ3) is 1.00. The molecular weight excluding hydrogens is 172 g/mol. The van der Waals surface area contributed by atoms with Gasteiger partial charge in [0.05, 0.1) is 17.3 Å². The predicted octanol–water partition coefficient (Wildman–Crippen LogP) is 1.89. The SMILES string of the molecule is COc1cc(N)cc2scnc12. The van der Waals surface area contributed by atoms with Gasteiger partial charge in [-0.15, -0.1) is 11.3 Å². The van der Waals surface area contributed by atoms with Crippen LogP contribution in [0.3, 0.4) is 0 Å². The van der Waals surface area contributed by atoms with Gasteiger partial charge in [-0.25, -0.2) is 4.98 Å². The maximum atomic E-state index is 5.66. The van der Waals surface area contributed by atoms with Gasteiger partial charge in [0.2, 0.25) is 0 Å². The van der Waals surface area contributed by atoms with Gasteiger partial charge in [-0.2, -0.15) is 0 Å². The van der Waals surface area contributed by atoms with Crippen LogP contribution in [-0.2, 0) is 0 Å². The van der Waals surface area contributed by atoms with Crippen molar-refractivity contribution in [2.45, 2.75) is 0 Å². The molecule has 0 aliphatic heterocycles. The lowest BCUT2D eigenvalue weighted by Gasteiger charge is -2.01. The lowest BCUT2D eigenvalue weighted by atomic mass is 10.3. The number of rotatable bonds is 1. The van der Waals surface area contributed by atoms with Gasteiger partial charge in [-0.3, -0.25) is 0 Å². The van der Waals surface area contributed by atoms with E-state index in [9.17, 15) is 0 Å². The molecule has 62 valence electrons. The minimum atomic E-state index is 0.712. The Morgan fingerprint density at radius 2 is 2.33 bits per heavy atom. The molecule has 0 unspecified atom stereocenters. The zero-order valence-corrected chi connectivity index (χ0v) is 7.39. The van der Waals surface area contributed by atoms with E-state index in [2.05, 4.69) is 4.98 Å². The average molecular weight is 180 g/mol. The monoisotopic (exact) mass is 180 g/mol. The van der Waals surface area contributed by atoms with Crippen LogP contribution in [0.2, 0.25) is 0 Å². The largest absolute Gasteiger partial charge is 0.494 e. The molecule has 0 bridgehead atoms. The van der Waals surface area contributed by atoms with Gasteiger partial charge in [-0.05, 0) is 6.07 Å². The Kier molecular flexibility index (Phi) is 1.62. The topological polar surface area (TPSA) is 48.1 Å². The third-order valence-electron chi connectivity index (χ3n) is 1.64. The summed E-state index contributed by atoms with van der Waals surface area (Å²) in [6, 6.07) is 3.68. The standard InChI is InChI=1S/C8H8N2OS/c1-11-6-2-5(9)3-7-8(6)10-4-12-7/h2-4H,9H2,1H3. The van der Waals surface area contributed by atoms with Crippen LogP contribution in [-0.4, -0.2) is 12.1 Å². The smallest absolute Gasteiger partial charge is 0.148 e. The van der Waals surface area contributed by atoms with Gasteiger partial charge in [0.1, 0.15) is 11.3 Å². The van der Waals surface area contributed by atoms with Crippen molar-refractivity contribution in [2.24, 2.45) is 0 Å². The Morgan fingerprint density at radius 3 is 3.08 bits per heavy atom. The summed E-state index contributed by atoms with van der Waals surface area (Å²) in [5, 5.41) is 0. The number of hydrogen-bond donors (Lipinski definition) is 1. The van der Waals surface area contributed by atoms with Crippen molar-refractivity contribution in [2.75, 3.05) is 12.8 Å². The lowest BCUT2D eigenvalue weighted by Crippen LogP contribution is -1.88. The van der Waals surface area contributed by atoms with Crippen LogP contribution in [0, 0.1) is 0 Å². The maximum absolute atomic E-state index is 5.66. The number of fused-ring (bicyclic) bond motifs is 1. The molecule has 0 radical (unpaired) electrons. The summed E-state index contributed by atoms with van der Waals surface area (Å²) in [5.41, 5.74) is 9.04. The highest BCUT2D eigenvalue weighted by molar-refractivity contribution is 7.16. The van der Waals surface area contributed by atoms with Crippen LogP contribution < -0.4 is 10.5 Å². The molecule has 0 saturated heterocycles. The van der Waals surface area contributed by atoms with E-state index in [1.165, 1.54) is 0 Å². The van der Waals surface area contributed by atoms with Gasteiger partial charge < -0.3 is 10.5 Å². The molecular formula is C8H8N2OS. The summed E-state index contributed by atoms with van der Waals surface area (Å²) in [6.45, 7) is 0. The summed E-state index contributed by atoms with van der Waals surface area (Å²) in [5.74, 6) is 0.742. The van der Waals surface area contributed by atoms with E-state index in [-0.39, 0.29) is 0 Å². The fraction of sp³-hybridized carbons (Fsp3) is 0.125. The fourth-order valence-electron chi connectivity index (χ4n) is 1.11. The number of thiazole rings is 1. The number of nitrogens with two attached hydrogens (primary N) is 1. The molecule has 0 amide bonds. The summed E-state index contributed by atoms with van der Waals surface area (Å²) in [7, 11) is 1.62. The van der Waals surface area contributed by atoms with Crippen LogP contribution >= 0.6 is 11.3 Å².